The number of rotatable bonds is 4. The van der Waals surface area contributed by atoms with Crippen molar-refractivity contribution < 1.29 is 9.90 Å². The molecule has 1 amide bonds. The van der Waals surface area contributed by atoms with Crippen molar-refractivity contribution >= 4 is 36.4 Å². The molecule has 3 rings (SSSR count). The van der Waals surface area contributed by atoms with Crippen LogP contribution in [0.25, 0.3) is 0 Å². The van der Waals surface area contributed by atoms with Gasteiger partial charge in [0.1, 0.15) is 0 Å². The van der Waals surface area contributed by atoms with Crippen molar-refractivity contribution in [1.29, 1.82) is 0 Å². The Kier molecular flexibility index (Phi) is 7.61. The Bertz CT molecular complexity index is 530. The van der Waals surface area contributed by atoms with Crippen LogP contribution in [0.4, 0.5) is 5.69 Å². The number of hydrogen-bond acceptors (Lipinski definition) is 4. The van der Waals surface area contributed by atoms with Gasteiger partial charge in [-0.25, -0.2) is 0 Å². The minimum absolute atomic E-state index is 0. The highest BCUT2D eigenvalue weighted by atomic mass is 35.5. The fourth-order valence-electron chi connectivity index (χ4n) is 3.22. The number of halogens is 2. The molecular weight excluding hydrogens is 337 g/mol. The van der Waals surface area contributed by atoms with E-state index < -0.39 is 6.10 Å². The second kappa shape index (κ2) is 8.73. The number of carbonyl (C=O) groups excluding carboxylic acids is 1. The predicted octanol–water partition coefficient (Wildman–Crippen LogP) is 1.12. The van der Waals surface area contributed by atoms with Crippen molar-refractivity contribution in [1.82, 2.24) is 10.6 Å². The Balaban J connectivity index is 0.00000132. The van der Waals surface area contributed by atoms with E-state index in [2.05, 4.69) is 46.7 Å². The van der Waals surface area contributed by atoms with Crippen LogP contribution in [0, 0.1) is 0 Å². The number of nitrogens with zero attached hydrogens (tertiary/aromatic N) is 1. The Morgan fingerprint density at radius 3 is 2.87 bits per heavy atom. The van der Waals surface area contributed by atoms with E-state index in [9.17, 15) is 9.90 Å². The van der Waals surface area contributed by atoms with Gasteiger partial charge in [-0.3, -0.25) is 4.79 Å². The van der Waals surface area contributed by atoms with Crippen molar-refractivity contribution in [3.63, 3.8) is 0 Å². The van der Waals surface area contributed by atoms with Crippen molar-refractivity contribution in [3.05, 3.63) is 29.8 Å². The molecule has 0 aliphatic carbocycles. The summed E-state index contributed by atoms with van der Waals surface area (Å²) in [6.07, 6.45) is 1.18. The summed E-state index contributed by atoms with van der Waals surface area (Å²) in [5, 5.41) is 15.5. The number of β-amino-alcohol motifs (C(OH)–C–C–N with tert-alkyl or cyclic N) is 1. The second-order valence-electron chi connectivity index (χ2n) is 6.02. The zero-order valence-corrected chi connectivity index (χ0v) is 14.8. The Hall–Kier alpha value is -1.01. The van der Waals surface area contributed by atoms with Gasteiger partial charge in [0.15, 0.2) is 0 Å². The van der Waals surface area contributed by atoms with E-state index in [-0.39, 0.29) is 42.8 Å². The molecule has 0 radical (unpaired) electrons. The average molecular weight is 362 g/mol. The largest absolute Gasteiger partial charge is 0.392 e. The lowest BCUT2D eigenvalue weighted by Gasteiger charge is -2.28. The molecule has 0 bridgehead atoms. The quantitative estimate of drug-likeness (QED) is 0.751. The van der Waals surface area contributed by atoms with Crippen molar-refractivity contribution in [3.8, 4) is 0 Å². The van der Waals surface area contributed by atoms with Crippen molar-refractivity contribution in [2.75, 3.05) is 24.5 Å². The maximum atomic E-state index is 12.1. The van der Waals surface area contributed by atoms with E-state index in [1.807, 2.05) is 0 Å². The molecule has 130 valence electrons. The molecule has 1 saturated heterocycles. The fourth-order valence-corrected chi connectivity index (χ4v) is 3.22. The SMILES string of the molecule is CC(CNC(=O)C1CC(O)CN1)N1CCc2ccccc21.Cl.Cl. The van der Waals surface area contributed by atoms with Crippen LogP contribution in [0.3, 0.4) is 0 Å². The molecule has 0 spiro atoms. The maximum Gasteiger partial charge on any atom is 0.237 e. The van der Waals surface area contributed by atoms with Gasteiger partial charge in [-0.15, -0.1) is 24.8 Å². The number of nitrogens with one attached hydrogen (secondary N) is 2. The second-order valence-corrected chi connectivity index (χ2v) is 6.02. The molecule has 2 heterocycles. The van der Waals surface area contributed by atoms with Gasteiger partial charge in [-0.1, -0.05) is 18.2 Å². The number of aliphatic hydroxyl groups excluding tert-OH is 1. The first-order valence-corrected chi connectivity index (χ1v) is 7.69. The molecule has 0 aromatic heterocycles. The lowest BCUT2D eigenvalue weighted by molar-refractivity contribution is -0.123. The van der Waals surface area contributed by atoms with Gasteiger partial charge in [0.2, 0.25) is 5.91 Å². The van der Waals surface area contributed by atoms with Gasteiger partial charge < -0.3 is 20.6 Å². The molecule has 5 nitrogen and oxygen atoms in total. The molecule has 3 N–H and O–H groups in total. The number of para-hydroxylation sites is 1. The summed E-state index contributed by atoms with van der Waals surface area (Å²) in [6, 6.07) is 8.47. The van der Waals surface area contributed by atoms with E-state index in [0.717, 1.165) is 13.0 Å². The first kappa shape index (κ1) is 20.0. The Labute approximate surface area is 149 Å². The van der Waals surface area contributed by atoms with Crippen LogP contribution in [-0.2, 0) is 11.2 Å². The molecule has 1 fully saturated rings. The van der Waals surface area contributed by atoms with Gasteiger partial charge in [-0.2, -0.15) is 0 Å². The summed E-state index contributed by atoms with van der Waals surface area (Å²) < 4.78 is 0. The monoisotopic (exact) mass is 361 g/mol. The molecule has 2 aliphatic rings. The van der Waals surface area contributed by atoms with E-state index in [4.69, 9.17) is 0 Å². The lowest BCUT2D eigenvalue weighted by Crippen LogP contribution is -2.46. The highest BCUT2D eigenvalue weighted by molar-refractivity contribution is 5.85. The molecule has 23 heavy (non-hydrogen) atoms. The smallest absolute Gasteiger partial charge is 0.237 e. The molecule has 1 aromatic rings. The predicted molar refractivity (Wildman–Crippen MR) is 96.9 cm³/mol. The van der Waals surface area contributed by atoms with Crippen LogP contribution in [-0.4, -0.2) is 48.8 Å². The van der Waals surface area contributed by atoms with Crippen LogP contribution in [0.2, 0.25) is 0 Å². The third-order valence-corrected chi connectivity index (χ3v) is 4.45. The van der Waals surface area contributed by atoms with Crippen LogP contribution >= 0.6 is 24.8 Å². The maximum absolute atomic E-state index is 12.1. The number of fused-ring (bicyclic) bond motifs is 1. The first-order chi connectivity index (χ1) is 10.1. The fraction of sp³-hybridized carbons (Fsp3) is 0.562. The normalized spacial score (nSPS) is 23.5. The molecule has 7 heteroatoms. The summed E-state index contributed by atoms with van der Waals surface area (Å²) in [5.74, 6) is -0.00844. The topological polar surface area (TPSA) is 64.6 Å². The van der Waals surface area contributed by atoms with E-state index in [1.165, 1.54) is 11.3 Å². The van der Waals surface area contributed by atoms with E-state index in [0.29, 0.717) is 19.5 Å². The molecule has 1 aromatic carbocycles. The van der Waals surface area contributed by atoms with Gasteiger partial charge in [0, 0.05) is 31.4 Å². The standard InChI is InChI=1S/C16H23N3O2.2ClH/c1-11(9-18-16(21)14-8-13(20)10-17-14)19-7-6-12-4-2-3-5-15(12)19;;/h2-5,11,13-14,17,20H,6-10H2,1H3,(H,18,21);2*1H. The number of benzene rings is 1. The van der Waals surface area contributed by atoms with Crippen molar-refractivity contribution in [2.45, 2.75) is 38.0 Å². The van der Waals surface area contributed by atoms with Crippen LogP contribution < -0.4 is 15.5 Å². The molecule has 3 atom stereocenters. The molecule has 2 aliphatic heterocycles. The van der Waals surface area contributed by atoms with Crippen LogP contribution in [0.5, 0.6) is 0 Å². The summed E-state index contributed by atoms with van der Waals surface area (Å²) in [6.45, 7) is 4.28. The minimum atomic E-state index is -0.399. The number of hydrogen-bond donors (Lipinski definition) is 3. The highest BCUT2D eigenvalue weighted by Gasteiger charge is 2.29. The number of anilines is 1. The zero-order chi connectivity index (χ0) is 14.8. The number of amides is 1. The summed E-state index contributed by atoms with van der Waals surface area (Å²) in [7, 11) is 0. The van der Waals surface area contributed by atoms with E-state index in [1.54, 1.807) is 0 Å². The zero-order valence-electron chi connectivity index (χ0n) is 13.2. The van der Waals surface area contributed by atoms with Gasteiger partial charge in [0.05, 0.1) is 12.1 Å². The Morgan fingerprint density at radius 1 is 1.43 bits per heavy atom. The van der Waals surface area contributed by atoms with Gasteiger partial charge >= 0.3 is 0 Å². The molecule has 0 saturated carbocycles. The highest BCUT2D eigenvalue weighted by Crippen LogP contribution is 2.28. The molecule has 3 unspecified atom stereocenters. The third-order valence-electron chi connectivity index (χ3n) is 4.45. The summed E-state index contributed by atoms with van der Waals surface area (Å²) in [5.41, 5.74) is 2.67. The summed E-state index contributed by atoms with van der Waals surface area (Å²) >= 11 is 0. The average Bonchev–Trinajstić information content (AvgIpc) is 3.10. The van der Waals surface area contributed by atoms with Gasteiger partial charge in [-0.05, 0) is 31.4 Å². The summed E-state index contributed by atoms with van der Waals surface area (Å²) in [4.78, 5) is 14.4. The molecular formula is C16H25Cl2N3O2. The van der Waals surface area contributed by atoms with Crippen LogP contribution in [0.1, 0.15) is 18.9 Å². The first-order valence-electron chi connectivity index (χ1n) is 7.69. The van der Waals surface area contributed by atoms with Crippen molar-refractivity contribution in [2.24, 2.45) is 0 Å². The third kappa shape index (κ3) is 4.51. The number of carbonyl (C=O) groups is 1. The lowest BCUT2D eigenvalue weighted by atomic mass is 10.1. The van der Waals surface area contributed by atoms with Gasteiger partial charge in [0.25, 0.3) is 0 Å². The van der Waals surface area contributed by atoms with E-state index >= 15 is 0 Å². The Morgan fingerprint density at radius 2 is 2.17 bits per heavy atom. The van der Waals surface area contributed by atoms with Crippen LogP contribution in [0.15, 0.2) is 24.3 Å². The number of aliphatic hydroxyl groups is 1. The minimum Gasteiger partial charge on any atom is -0.392 e.